The number of hydrogen-bond acceptors (Lipinski definition) is 3. The fraction of sp³-hybridized carbons (Fsp3) is 0.0435. The topological polar surface area (TPSA) is 55.1 Å². The third kappa shape index (κ3) is 4.48. The van der Waals surface area contributed by atoms with Gasteiger partial charge < -0.3 is 9.73 Å². The van der Waals surface area contributed by atoms with Gasteiger partial charge in [0.2, 0.25) is 5.91 Å². The third-order valence-corrected chi connectivity index (χ3v) is 4.46. The van der Waals surface area contributed by atoms with Crippen LogP contribution in [0.4, 0.5) is 5.69 Å². The van der Waals surface area contributed by atoms with E-state index in [0.717, 1.165) is 27.9 Å². The van der Waals surface area contributed by atoms with E-state index in [1.54, 1.807) is 18.2 Å². The number of anilines is 1. The van der Waals surface area contributed by atoms with Gasteiger partial charge in [-0.3, -0.25) is 4.79 Å². The first-order chi connectivity index (χ1) is 13.7. The van der Waals surface area contributed by atoms with E-state index < -0.39 is 0 Å². The van der Waals surface area contributed by atoms with Gasteiger partial charge >= 0.3 is 0 Å². The Morgan fingerprint density at radius 1 is 1.00 bits per heavy atom. The molecule has 4 rings (SSSR count). The molecule has 0 saturated heterocycles. The van der Waals surface area contributed by atoms with E-state index in [1.165, 1.54) is 6.08 Å². The van der Waals surface area contributed by atoms with E-state index in [1.807, 2.05) is 60.7 Å². The zero-order valence-corrected chi connectivity index (χ0v) is 15.7. The van der Waals surface area contributed by atoms with Crippen molar-refractivity contribution in [3.05, 3.63) is 101 Å². The second-order valence-electron chi connectivity index (χ2n) is 6.32. The molecule has 0 aliphatic rings. The maximum atomic E-state index is 12.1. The Morgan fingerprint density at radius 2 is 1.75 bits per heavy atom. The number of halogens is 1. The van der Waals surface area contributed by atoms with E-state index in [2.05, 4.69) is 10.3 Å². The van der Waals surface area contributed by atoms with Crippen LogP contribution < -0.4 is 5.32 Å². The average Bonchev–Trinajstić information content (AvgIpc) is 3.11. The third-order valence-electron chi connectivity index (χ3n) is 4.21. The van der Waals surface area contributed by atoms with Crippen molar-refractivity contribution >= 4 is 40.4 Å². The minimum Gasteiger partial charge on any atom is -0.440 e. The summed E-state index contributed by atoms with van der Waals surface area (Å²) < 4.78 is 5.75. The highest BCUT2D eigenvalue weighted by Crippen LogP contribution is 2.18. The first kappa shape index (κ1) is 18.0. The summed E-state index contributed by atoms with van der Waals surface area (Å²) in [6.07, 6.45) is 3.84. The summed E-state index contributed by atoms with van der Waals surface area (Å²) in [6.45, 7) is 0. The van der Waals surface area contributed by atoms with E-state index >= 15 is 0 Å². The number of oxazole rings is 1. The van der Waals surface area contributed by atoms with Crippen LogP contribution in [0.3, 0.4) is 0 Å². The molecule has 0 saturated carbocycles. The van der Waals surface area contributed by atoms with Crippen LogP contribution >= 0.6 is 11.6 Å². The van der Waals surface area contributed by atoms with Gasteiger partial charge in [0, 0.05) is 23.2 Å². The van der Waals surface area contributed by atoms with Gasteiger partial charge in [0.15, 0.2) is 11.5 Å². The number of nitrogens with zero attached hydrogens (tertiary/aromatic N) is 1. The molecule has 28 heavy (non-hydrogen) atoms. The molecule has 0 bridgehead atoms. The zero-order chi connectivity index (χ0) is 19.3. The van der Waals surface area contributed by atoms with Crippen molar-refractivity contribution in [1.29, 1.82) is 0 Å². The maximum absolute atomic E-state index is 12.1. The minimum atomic E-state index is -0.193. The van der Waals surface area contributed by atoms with Gasteiger partial charge in [-0.25, -0.2) is 4.98 Å². The van der Waals surface area contributed by atoms with Crippen molar-refractivity contribution in [2.75, 3.05) is 5.32 Å². The molecule has 0 aliphatic carbocycles. The Balaban J connectivity index is 1.37. The Kier molecular flexibility index (Phi) is 5.22. The zero-order valence-electron chi connectivity index (χ0n) is 14.9. The van der Waals surface area contributed by atoms with E-state index in [-0.39, 0.29) is 5.91 Å². The molecule has 1 aromatic heterocycles. The fourth-order valence-electron chi connectivity index (χ4n) is 2.81. The molecule has 0 spiro atoms. The summed E-state index contributed by atoms with van der Waals surface area (Å²) in [5.41, 5.74) is 4.34. The number of aromatic nitrogens is 1. The van der Waals surface area contributed by atoms with Crippen molar-refractivity contribution in [3.63, 3.8) is 0 Å². The standard InChI is InChI=1S/C23H17ClN2O2/c24-18-10-5-16(6-11-18)9-14-22(27)25-19-12-7-17(8-13-19)15-23-26-20-3-1-2-4-21(20)28-23/h1-14H,15H2,(H,25,27)/b14-9+. The quantitative estimate of drug-likeness (QED) is 0.444. The van der Waals surface area contributed by atoms with Crippen LogP contribution in [0.2, 0.25) is 5.02 Å². The number of para-hydroxylation sites is 2. The van der Waals surface area contributed by atoms with Gasteiger partial charge in [0.25, 0.3) is 0 Å². The summed E-state index contributed by atoms with van der Waals surface area (Å²) in [4.78, 5) is 16.6. The molecular weight excluding hydrogens is 372 g/mol. The summed E-state index contributed by atoms with van der Waals surface area (Å²) in [5, 5.41) is 3.51. The van der Waals surface area contributed by atoms with Gasteiger partial charge in [0.05, 0.1) is 0 Å². The fourth-order valence-corrected chi connectivity index (χ4v) is 2.93. The van der Waals surface area contributed by atoms with Crippen LogP contribution in [0.25, 0.3) is 17.2 Å². The van der Waals surface area contributed by atoms with Crippen molar-refractivity contribution in [2.45, 2.75) is 6.42 Å². The van der Waals surface area contributed by atoms with Crippen LogP contribution in [0, 0.1) is 0 Å². The highest BCUT2D eigenvalue weighted by atomic mass is 35.5. The molecule has 0 unspecified atom stereocenters. The summed E-state index contributed by atoms with van der Waals surface area (Å²) in [5.74, 6) is 0.477. The molecule has 3 aromatic carbocycles. The van der Waals surface area contributed by atoms with Crippen LogP contribution in [0.15, 0.2) is 83.3 Å². The molecule has 138 valence electrons. The molecule has 5 heteroatoms. The highest BCUT2D eigenvalue weighted by Gasteiger charge is 2.06. The Morgan fingerprint density at radius 3 is 2.50 bits per heavy atom. The smallest absolute Gasteiger partial charge is 0.248 e. The van der Waals surface area contributed by atoms with Crippen molar-refractivity contribution in [3.8, 4) is 0 Å². The summed E-state index contributed by atoms with van der Waals surface area (Å²) >= 11 is 5.85. The monoisotopic (exact) mass is 388 g/mol. The number of rotatable bonds is 5. The summed E-state index contributed by atoms with van der Waals surface area (Å²) in [6, 6.07) is 22.6. The SMILES string of the molecule is O=C(/C=C/c1ccc(Cl)cc1)Nc1ccc(Cc2nc3ccccc3o2)cc1. The second-order valence-corrected chi connectivity index (χ2v) is 6.76. The normalized spacial score (nSPS) is 11.2. The van der Waals surface area contributed by atoms with E-state index in [0.29, 0.717) is 17.3 Å². The molecular formula is C23H17ClN2O2. The average molecular weight is 389 g/mol. The second kappa shape index (κ2) is 8.11. The maximum Gasteiger partial charge on any atom is 0.248 e. The lowest BCUT2D eigenvalue weighted by atomic mass is 10.1. The van der Waals surface area contributed by atoms with E-state index in [9.17, 15) is 4.79 Å². The predicted molar refractivity (Wildman–Crippen MR) is 112 cm³/mol. The first-order valence-corrected chi connectivity index (χ1v) is 9.21. The van der Waals surface area contributed by atoms with Gasteiger partial charge in [-0.05, 0) is 53.6 Å². The van der Waals surface area contributed by atoms with E-state index in [4.69, 9.17) is 16.0 Å². The highest BCUT2D eigenvalue weighted by molar-refractivity contribution is 6.30. The van der Waals surface area contributed by atoms with Gasteiger partial charge in [0.1, 0.15) is 5.52 Å². The van der Waals surface area contributed by atoms with Crippen molar-refractivity contribution in [1.82, 2.24) is 4.98 Å². The molecule has 4 nitrogen and oxygen atoms in total. The summed E-state index contributed by atoms with van der Waals surface area (Å²) in [7, 11) is 0. The van der Waals surface area contributed by atoms with Crippen LogP contribution in [0.1, 0.15) is 17.0 Å². The predicted octanol–water partition coefficient (Wildman–Crippen LogP) is 5.72. The van der Waals surface area contributed by atoms with Gasteiger partial charge in [-0.2, -0.15) is 0 Å². The first-order valence-electron chi connectivity index (χ1n) is 8.84. The number of benzene rings is 3. The lowest BCUT2D eigenvalue weighted by molar-refractivity contribution is -0.111. The molecule has 1 heterocycles. The Hall–Kier alpha value is -3.37. The molecule has 4 aromatic rings. The molecule has 0 radical (unpaired) electrons. The minimum absolute atomic E-state index is 0.193. The number of carbonyl (C=O) groups is 1. The lowest BCUT2D eigenvalue weighted by Gasteiger charge is -2.04. The number of amides is 1. The number of carbonyl (C=O) groups excluding carboxylic acids is 1. The van der Waals surface area contributed by atoms with Crippen LogP contribution in [0.5, 0.6) is 0 Å². The molecule has 0 fully saturated rings. The lowest BCUT2D eigenvalue weighted by Crippen LogP contribution is -2.07. The van der Waals surface area contributed by atoms with Crippen LogP contribution in [-0.2, 0) is 11.2 Å². The molecule has 1 N–H and O–H groups in total. The van der Waals surface area contributed by atoms with Crippen molar-refractivity contribution < 1.29 is 9.21 Å². The van der Waals surface area contributed by atoms with Crippen LogP contribution in [-0.4, -0.2) is 10.9 Å². The Bertz CT molecular complexity index is 1100. The molecule has 1 amide bonds. The Labute approximate surface area is 167 Å². The van der Waals surface area contributed by atoms with Gasteiger partial charge in [-0.1, -0.05) is 48.0 Å². The number of fused-ring (bicyclic) bond motifs is 1. The van der Waals surface area contributed by atoms with Gasteiger partial charge in [-0.15, -0.1) is 0 Å². The largest absolute Gasteiger partial charge is 0.440 e. The molecule has 0 atom stereocenters. The number of hydrogen-bond donors (Lipinski definition) is 1. The number of nitrogens with one attached hydrogen (secondary N) is 1. The molecule has 0 aliphatic heterocycles. The van der Waals surface area contributed by atoms with Crippen molar-refractivity contribution in [2.24, 2.45) is 0 Å².